The molecule has 0 aliphatic carbocycles. The van der Waals surface area contributed by atoms with Gasteiger partial charge in [0.05, 0.1) is 31.3 Å². The summed E-state index contributed by atoms with van der Waals surface area (Å²) in [5.41, 5.74) is 2.51. The number of rotatable bonds is 6. The number of carbonyl (C=O) groups excluding carboxylic acids is 1. The zero-order chi connectivity index (χ0) is 23.5. The maximum absolute atomic E-state index is 14.4. The van der Waals surface area contributed by atoms with Crippen LogP contribution in [0.5, 0.6) is 17.4 Å². The summed E-state index contributed by atoms with van der Waals surface area (Å²) in [5, 5.41) is 0. The lowest BCUT2D eigenvalue weighted by molar-refractivity contribution is -0.131. The second kappa shape index (κ2) is 9.67. The number of anilines is 1. The molecule has 0 bridgehead atoms. The fraction of sp³-hybridized carbons (Fsp3) is 0.346. The van der Waals surface area contributed by atoms with Crippen LogP contribution in [0.1, 0.15) is 29.7 Å². The standard InChI is InChI=1S/C26H27FN4O3/c1-33-19-10-8-18(9-11-19)16-24(32)31-15-12-22-20(17-31)25(34-23-7-3-2-6-21(23)27)29-26(28-22)30-13-4-5-14-30/h2-3,6-11H,4-5,12-17H2,1H3. The van der Waals surface area contributed by atoms with E-state index in [9.17, 15) is 9.18 Å². The van der Waals surface area contributed by atoms with E-state index >= 15 is 0 Å². The average Bonchev–Trinajstić information content (AvgIpc) is 3.41. The number of aromatic nitrogens is 2. The van der Waals surface area contributed by atoms with Crippen LogP contribution >= 0.6 is 0 Å². The van der Waals surface area contributed by atoms with Gasteiger partial charge in [-0.3, -0.25) is 4.79 Å². The summed E-state index contributed by atoms with van der Waals surface area (Å²) in [7, 11) is 1.61. The van der Waals surface area contributed by atoms with Crippen molar-refractivity contribution >= 4 is 11.9 Å². The molecule has 2 aliphatic heterocycles. The molecule has 1 amide bonds. The number of hydrogen-bond donors (Lipinski definition) is 0. The van der Waals surface area contributed by atoms with E-state index in [2.05, 4.69) is 9.88 Å². The Morgan fingerprint density at radius 3 is 2.53 bits per heavy atom. The van der Waals surface area contributed by atoms with Gasteiger partial charge in [0.25, 0.3) is 0 Å². The van der Waals surface area contributed by atoms with Crippen molar-refractivity contribution in [2.45, 2.75) is 32.2 Å². The van der Waals surface area contributed by atoms with Gasteiger partial charge in [-0.05, 0) is 42.7 Å². The van der Waals surface area contributed by atoms with Crippen LogP contribution in [0.25, 0.3) is 0 Å². The van der Waals surface area contributed by atoms with Gasteiger partial charge < -0.3 is 19.3 Å². The fourth-order valence-corrected chi connectivity index (χ4v) is 4.39. The molecule has 1 fully saturated rings. The van der Waals surface area contributed by atoms with Gasteiger partial charge >= 0.3 is 0 Å². The lowest BCUT2D eigenvalue weighted by atomic mass is 10.0. The first kappa shape index (κ1) is 22.1. The first-order valence-corrected chi connectivity index (χ1v) is 11.6. The second-order valence-corrected chi connectivity index (χ2v) is 8.57. The molecular formula is C26H27FN4O3. The van der Waals surface area contributed by atoms with Crippen LogP contribution in [-0.2, 0) is 24.2 Å². The third kappa shape index (κ3) is 4.66. The van der Waals surface area contributed by atoms with E-state index in [0.29, 0.717) is 31.3 Å². The van der Waals surface area contributed by atoms with Crippen LogP contribution in [0, 0.1) is 5.82 Å². The average molecular weight is 463 g/mol. The molecule has 0 spiro atoms. The van der Waals surface area contributed by atoms with Crippen molar-refractivity contribution in [3.05, 3.63) is 71.2 Å². The minimum atomic E-state index is -0.458. The summed E-state index contributed by atoms with van der Waals surface area (Å²) >= 11 is 0. The van der Waals surface area contributed by atoms with Gasteiger partial charge in [0.15, 0.2) is 11.6 Å². The smallest absolute Gasteiger partial charge is 0.229 e. The van der Waals surface area contributed by atoms with Crippen molar-refractivity contribution in [2.75, 3.05) is 31.6 Å². The molecule has 2 aromatic carbocycles. The zero-order valence-corrected chi connectivity index (χ0v) is 19.2. The molecule has 34 heavy (non-hydrogen) atoms. The Morgan fingerprint density at radius 1 is 1.03 bits per heavy atom. The quantitative estimate of drug-likeness (QED) is 0.549. The van der Waals surface area contributed by atoms with Crippen LogP contribution in [0.3, 0.4) is 0 Å². The molecule has 5 rings (SSSR count). The summed E-state index contributed by atoms with van der Waals surface area (Å²) in [6.45, 7) is 2.68. The Kier molecular flexibility index (Phi) is 6.29. The Morgan fingerprint density at radius 2 is 1.79 bits per heavy atom. The van der Waals surface area contributed by atoms with E-state index in [1.165, 1.54) is 6.07 Å². The van der Waals surface area contributed by atoms with Crippen molar-refractivity contribution < 1.29 is 18.7 Å². The van der Waals surface area contributed by atoms with Crippen LogP contribution in [0.15, 0.2) is 48.5 Å². The highest BCUT2D eigenvalue weighted by Gasteiger charge is 2.28. The van der Waals surface area contributed by atoms with Crippen molar-refractivity contribution in [3.8, 4) is 17.4 Å². The molecule has 0 atom stereocenters. The Labute approximate surface area is 198 Å². The number of halogens is 1. The lowest BCUT2D eigenvalue weighted by Gasteiger charge is -2.30. The predicted octanol–water partition coefficient (Wildman–Crippen LogP) is 4.14. The third-order valence-electron chi connectivity index (χ3n) is 6.31. The van der Waals surface area contributed by atoms with Crippen molar-refractivity contribution in [2.24, 2.45) is 0 Å². The normalized spacial score (nSPS) is 15.2. The van der Waals surface area contributed by atoms with E-state index in [1.807, 2.05) is 24.3 Å². The molecule has 176 valence electrons. The van der Waals surface area contributed by atoms with Crippen molar-refractivity contribution in [1.29, 1.82) is 0 Å². The summed E-state index contributed by atoms with van der Waals surface area (Å²) in [5.74, 6) is 1.35. The molecule has 0 saturated carbocycles. The SMILES string of the molecule is COc1ccc(CC(=O)N2CCc3nc(N4CCCC4)nc(Oc4ccccc4F)c3C2)cc1. The van der Waals surface area contributed by atoms with E-state index in [4.69, 9.17) is 14.5 Å². The number of nitrogens with zero attached hydrogens (tertiary/aromatic N) is 4. The summed E-state index contributed by atoms with van der Waals surface area (Å²) in [6, 6.07) is 13.8. The molecule has 0 radical (unpaired) electrons. The van der Waals surface area contributed by atoms with Crippen LogP contribution < -0.4 is 14.4 Å². The van der Waals surface area contributed by atoms with Crippen LogP contribution in [0.4, 0.5) is 10.3 Å². The number of hydrogen-bond acceptors (Lipinski definition) is 6. The molecular weight excluding hydrogens is 435 g/mol. The number of methoxy groups -OCH3 is 1. The van der Waals surface area contributed by atoms with Crippen molar-refractivity contribution in [3.63, 3.8) is 0 Å². The van der Waals surface area contributed by atoms with Gasteiger partial charge in [0, 0.05) is 26.1 Å². The minimum Gasteiger partial charge on any atom is -0.497 e. The highest BCUT2D eigenvalue weighted by molar-refractivity contribution is 5.79. The molecule has 7 nitrogen and oxygen atoms in total. The maximum atomic E-state index is 14.4. The predicted molar refractivity (Wildman–Crippen MR) is 126 cm³/mol. The molecule has 0 unspecified atom stereocenters. The topological polar surface area (TPSA) is 67.8 Å². The van der Waals surface area contributed by atoms with E-state index < -0.39 is 5.82 Å². The summed E-state index contributed by atoms with van der Waals surface area (Å²) in [6.07, 6.45) is 3.07. The number of ether oxygens (including phenoxy) is 2. The Hall–Kier alpha value is -3.68. The molecule has 0 N–H and O–H groups in total. The maximum Gasteiger partial charge on any atom is 0.229 e. The fourth-order valence-electron chi connectivity index (χ4n) is 4.39. The van der Waals surface area contributed by atoms with E-state index in [0.717, 1.165) is 48.5 Å². The zero-order valence-electron chi connectivity index (χ0n) is 19.2. The first-order chi connectivity index (χ1) is 16.6. The highest BCUT2D eigenvalue weighted by Crippen LogP contribution is 2.33. The first-order valence-electron chi connectivity index (χ1n) is 11.6. The van der Waals surface area contributed by atoms with Gasteiger partial charge in [-0.15, -0.1) is 0 Å². The largest absolute Gasteiger partial charge is 0.497 e. The Bertz CT molecular complexity index is 1180. The number of fused-ring (bicyclic) bond motifs is 1. The van der Waals surface area contributed by atoms with E-state index in [-0.39, 0.29) is 18.1 Å². The molecule has 3 heterocycles. The summed E-state index contributed by atoms with van der Waals surface area (Å²) in [4.78, 5) is 26.5. The van der Waals surface area contributed by atoms with Crippen LogP contribution in [-0.4, -0.2) is 47.5 Å². The van der Waals surface area contributed by atoms with Gasteiger partial charge in [-0.1, -0.05) is 24.3 Å². The van der Waals surface area contributed by atoms with Crippen molar-refractivity contribution in [1.82, 2.24) is 14.9 Å². The third-order valence-corrected chi connectivity index (χ3v) is 6.31. The van der Waals surface area contributed by atoms with E-state index in [1.54, 1.807) is 30.2 Å². The van der Waals surface area contributed by atoms with Crippen LogP contribution in [0.2, 0.25) is 0 Å². The van der Waals surface area contributed by atoms with Gasteiger partial charge in [0.1, 0.15) is 5.75 Å². The molecule has 3 aromatic rings. The minimum absolute atomic E-state index is 0.0104. The lowest BCUT2D eigenvalue weighted by Crippen LogP contribution is -2.38. The highest BCUT2D eigenvalue weighted by atomic mass is 19.1. The molecule has 8 heteroatoms. The number of para-hydroxylation sites is 1. The molecule has 2 aliphatic rings. The number of amides is 1. The van der Waals surface area contributed by atoms with Gasteiger partial charge in [-0.2, -0.15) is 4.98 Å². The number of benzene rings is 2. The van der Waals surface area contributed by atoms with Gasteiger partial charge in [0.2, 0.25) is 17.7 Å². The van der Waals surface area contributed by atoms with Gasteiger partial charge in [-0.25, -0.2) is 9.37 Å². The molecule has 1 saturated heterocycles. The Balaban J connectivity index is 1.41. The monoisotopic (exact) mass is 462 g/mol. The molecule has 1 aromatic heterocycles. The second-order valence-electron chi connectivity index (χ2n) is 8.57. The number of carbonyl (C=O) groups is 1. The summed E-state index contributed by atoms with van der Waals surface area (Å²) < 4.78 is 25.5.